The maximum Gasteiger partial charge on any atom is 0.310 e. The molecule has 0 heterocycles. The Morgan fingerprint density at radius 1 is 0.350 bits per heavy atom. The zero-order valence-electron chi connectivity index (χ0n) is 65.8. The molecule has 0 fully saturated rings. The highest BCUT2D eigenvalue weighted by Crippen LogP contribution is 2.25. The highest BCUT2D eigenvalue weighted by atomic mass is 79.9. The van der Waals surface area contributed by atoms with Crippen LogP contribution in [0.5, 0.6) is 0 Å². The number of aliphatic hydroxyl groups excluding tert-OH is 1. The average Bonchev–Trinajstić information content (AvgIpc) is 1.06. The van der Waals surface area contributed by atoms with Crippen molar-refractivity contribution in [1.29, 1.82) is 0 Å². The van der Waals surface area contributed by atoms with E-state index in [1.807, 2.05) is 57.2 Å². The Kier molecular flexibility index (Phi) is 50.9. The quantitative estimate of drug-likeness (QED) is 0.0402. The summed E-state index contributed by atoms with van der Waals surface area (Å²) in [6, 6.07) is 60.7. The van der Waals surface area contributed by atoms with Crippen LogP contribution in [-0.2, 0) is 54.5 Å². The van der Waals surface area contributed by atoms with E-state index >= 15 is 0 Å². The molecule has 558 valence electrons. The van der Waals surface area contributed by atoms with Gasteiger partial charge in [-0.25, -0.2) is 0 Å². The van der Waals surface area contributed by atoms with E-state index in [-0.39, 0.29) is 32.9 Å². The first-order valence-electron chi connectivity index (χ1n) is 37.2. The van der Waals surface area contributed by atoms with Crippen LogP contribution in [0.15, 0.2) is 170 Å². The molecule has 0 saturated heterocycles. The first-order valence-corrected chi connectivity index (χ1v) is 38.1. The summed E-state index contributed by atoms with van der Waals surface area (Å²) in [6.45, 7) is 52.6. The summed E-state index contributed by atoms with van der Waals surface area (Å²) in [5.74, 6) is 4.78. The monoisotopic (exact) mass is 1430 g/mol. The van der Waals surface area contributed by atoms with Crippen molar-refractivity contribution in [3.63, 3.8) is 0 Å². The van der Waals surface area contributed by atoms with Crippen molar-refractivity contribution in [1.82, 2.24) is 5.32 Å². The molecule has 0 aliphatic heterocycles. The third-order valence-electron chi connectivity index (χ3n) is 16.7. The van der Waals surface area contributed by atoms with Gasteiger partial charge in [-0.15, -0.1) is 0 Å². The number of hydrogen-bond acceptors (Lipinski definition) is 5. The molecule has 0 amide bonds. The minimum atomic E-state index is -0.772. The number of benzene rings is 7. The first kappa shape index (κ1) is 96.1. The van der Waals surface area contributed by atoms with Gasteiger partial charge in [0.1, 0.15) is 5.78 Å². The van der Waals surface area contributed by atoms with E-state index in [1.54, 1.807) is 13.8 Å². The lowest BCUT2D eigenvalue weighted by atomic mass is 9.93. The number of nitrogens with one attached hydrogen (secondary N) is 1. The lowest BCUT2D eigenvalue weighted by molar-refractivity contribution is -0.138. The fraction of sp³-hybridized carbons (Fsp3) is 0.527. The van der Waals surface area contributed by atoms with Gasteiger partial charge >= 0.3 is 5.97 Å². The van der Waals surface area contributed by atoms with Gasteiger partial charge in [0, 0.05) is 29.2 Å². The van der Waals surface area contributed by atoms with Gasteiger partial charge in [-0.2, -0.15) is 0 Å². The van der Waals surface area contributed by atoms with Crippen LogP contribution in [0.3, 0.4) is 0 Å². The third kappa shape index (κ3) is 43.1. The van der Waals surface area contributed by atoms with Crippen molar-refractivity contribution >= 4 is 27.7 Å². The Balaban J connectivity index is 0. The minimum Gasteiger partial charge on any atom is -0.481 e. The average molecular weight is 1440 g/mol. The molecule has 0 aromatic heterocycles. The SMILES string of the molecule is C.C.CC(C)Cc1ccc(C(C)Br)cc1.CC(C)Cc1ccc(C(C)C(=O)O)cc1.CC(C)Cc1ccc(C(C)C)cc1.CC(C)Cc1ccc(C(C)N)cc1.CC(C)Cc1ccc(C(C)O)cc1.CCC(=O)C(C)c1ccc(CC(C)C)cc1.CCNC(C)c1ccc(CC(C)C)cc1. The molecule has 6 atom stereocenters. The molecule has 7 rings (SSSR count). The normalized spacial score (nSPS) is 12.6. The Morgan fingerprint density at radius 3 is 0.790 bits per heavy atom. The fourth-order valence-corrected chi connectivity index (χ4v) is 11.3. The zero-order valence-corrected chi connectivity index (χ0v) is 67.4. The predicted octanol–water partition coefficient (Wildman–Crippen LogP) is 26.1. The molecule has 0 spiro atoms. The molecule has 0 aliphatic carbocycles. The number of aliphatic hydroxyl groups is 1. The minimum absolute atomic E-state index is 0. The number of Topliss-reactive ketones (excluding diaryl/α,β-unsaturated/α-hetero) is 1. The van der Waals surface area contributed by atoms with Crippen molar-refractivity contribution in [2.75, 3.05) is 6.54 Å². The van der Waals surface area contributed by atoms with Crippen LogP contribution in [0.4, 0.5) is 0 Å². The van der Waals surface area contributed by atoms with Crippen LogP contribution in [0.1, 0.15) is 306 Å². The number of carbonyl (C=O) groups is 2. The van der Waals surface area contributed by atoms with Gasteiger partial charge in [0.2, 0.25) is 0 Å². The summed E-state index contributed by atoms with van der Waals surface area (Å²) in [5, 5.41) is 21.6. The number of aliphatic carboxylic acids is 1. The third-order valence-corrected chi connectivity index (χ3v) is 17.2. The number of nitrogens with two attached hydrogens (primary N) is 1. The molecule has 0 aliphatic rings. The molecule has 100 heavy (non-hydrogen) atoms. The second-order valence-corrected chi connectivity index (χ2v) is 31.9. The molecule has 7 aromatic rings. The van der Waals surface area contributed by atoms with E-state index in [0.717, 1.165) is 72.6 Å². The topological polar surface area (TPSA) is 113 Å². The second kappa shape index (κ2) is 52.9. The van der Waals surface area contributed by atoms with Gasteiger partial charge in [-0.05, 0) is 211 Å². The molecule has 0 bridgehead atoms. The molecular formula is C93H145BrN2O4. The fourth-order valence-electron chi connectivity index (χ4n) is 11.0. The summed E-state index contributed by atoms with van der Waals surface area (Å²) < 4.78 is 0. The van der Waals surface area contributed by atoms with Crippen molar-refractivity contribution in [2.45, 2.75) is 273 Å². The van der Waals surface area contributed by atoms with Crippen LogP contribution in [0.2, 0.25) is 0 Å². The van der Waals surface area contributed by atoms with Gasteiger partial charge in [-0.3, -0.25) is 9.59 Å². The number of alkyl halides is 1. The Morgan fingerprint density at radius 2 is 0.580 bits per heavy atom. The molecular weight excluding hydrogens is 1290 g/mol. The van der Waals surface area contributed by atoms with E-state index in [4.69, 9.17) is 10.8 Å². The molecule has 0 radical (unpaired) electrons. The van der Waals surface area contributed by atoms with Crippen molar-refractivity contribution in [2.24, 2.45) is 47.2 Å². The second-order valence-electron chi connectivity index (χ2n) is 30.5. The van der Waals surface area contributed by atoms with E-state index in [2.05, 4.69) is 286 Å². The highest BCUT2D eigenvalue weighted by Gasteiger charge is 2.15. The van der Waals surface area contributed by atoms with Crippen LogP contribution >= 0.6 is 15.9 Å². The molecule has 6 nitrogen and oxygen atoms in total. The largest absolute Gasteiger partial charge is 0.481 e. The van der Waals surface area contributed by atoms with Crippen molar-refractivity contribution in [3.8, 4) is 0 Å². The summed E-state index contributed by atoms with van der Waals surface area (Å²) in [4.78, 5) is 22.8. The maximum absolute atomic E-state index is 11.6. The summed E-state index contributed by atoms with van der Waals surface area (Å²) >= 11 is 3.56. The molecule has 7 aromatic carbocycles. The number of rotatable bonds is 26. The number of carbonyl (C=O) groups excluding carboxylic acids is 1. The van der Waals surface area contributed by atoms with Crippen LogP contribution in [0, 0.1) is 41.4 Å². The van der Waals surface area contributed by atoms with E-state index in [1.165, 1.54) is 80.5 Å². The van der Waals surface area contributed by atoms with Crippen LogP contribution in [0.25, 0.3) is 0 Å². The summed E-state index contributed by atoms with van der Waals surface area (Å²) in [7, 11) is 0. The van der Waals surface area contributed by atoms with Crippen molar-refractivity contribution < 1.29 is 19.8 Å². The van der Waals surface area contributed by atoms with Gasteiger partial charge < -0.3 is 21.3 Å². The first-order chi connectivity index (χ1) is 46.0. The number of hydrogen-bond donors (Lipinski definition) is 4. The molecule has 7 heteroatoms. The Labute approximate surface area is 623 Å². The highest BCUT2D eigenvalue weighted by molar-refractivity contribution is 9.09. The molecule has 0 saturated carbocycles. The van der Waals surface area contributed by atoms with Gasteiger partial charge in [0.15, 0.2) is 0 Å². The summed E-state index contributed by atoms with van der Waals surface area (Å²) in [6.07, 6.45) is 8.23. The van der Waals surface area contributed by atoms with Gasteiger partial charge in [0.05, 0.1) is 12.0 Å². The number of halogens is 1. The Hall–Kier alpha value is -5.96. The standard InChI is InChI=1S/C15H22O.C14H23N.C13H18O2.C13H20.C12H17Br.C12H19N.C12H18O.2CH4/c1-5-15(16)12(4)14-8-6-13(7-9-14)10-11(2)3;1-5-15-12(4)14-8-6-13(7-9-14)10-11(2)3;1-9(2)8-11-4-6-12(7-5-11)10(3)13(14)15;1-10(2)9-12-5-7-13(8-6-12)11(3)4;3*1-9(2)8-11-4-6-12(7-5-11)10(3)13;;/h6-9,11-12H,5,10H2,1-4H3;6-9,11-12,15H,5,10H2,1-4H3;4-7,9-10H,8H2,1-3H3,(H,14,15);5-8,10-11H,9H2,1-4H3;4-7,9-10H,8H2,1-3H3;4-7,9-10H,8,13H2,1-3H3;4-7,9-10,13H,8H2,1-3H3;2*1H4. The van der Waals surface area contributed by atoms with E-state index in [9.17, 15) is 14.7 Å². The number of ketones is 1. The van der Waals surface area contributed by atoms with Gasteiger partial charge in [0.25, 0.3) is 0 Å². The Bertz CT molecular complexity index is 2910. The lowest BCUT2D eigenvalue weighted by Gasteiger charge is -2.13. The summed E-state index contributed by atoms with van der Waals surface area (Å²) in [5.41, 5.74) is 23.9. The lowest BCUT2D eigenvalue weighted by Crippen LogP contribution is -2.17. The van der Waals surface area contributed by atoms with E-state index in [0.29, 0.717) is 46.7 Å². The molecule has 5 N–H and O–H groups in total. The van der Waals surface area contributed by atoms with Crippen LogP contribution in [-0.4, -0.2) is 28.5 Å². The number of carboxylic acid groups (broad SMARTS) is 1. The maximum atomic E-state index is 11.6. The van der Waals surface area contributed by atoms with Crippen LogP contribution < -0.4 is 11.1 Å². The number of carboxylic acids is 1. The predicted molar refractivity (Wildman–Crippen MR) is 445 cm³/mol. The van der Waals surface area contributed by atoms with Crippen molar-refractivity contribution in [3.05, 3.63) is 248 Å². The molecule has 6 unspecified atom stereocenters. The van der Waals surface area contributed by atoms with E-state index < -0.39 is 11.9 Å². The smallest absolute Gasteiger partial charge is 0.310 e. The van der Waals surface area contributed by atoms with Gasteiger partial charge in [-0.1, -0.05) is 332 Å². The zero-order chi connectivity index (χ0) is 74.2.